The third-order valence-corrected chi connectivity index (χ3v) is 5.12. The van der Waals surface area contributed by atoms with E-state index in [4.69, 9.17) is 12.2 Å². The Bertz CT molecular complexity index is 776. The molecule has 1 aromatic carbocycles. The van der Waals surface area contributed by atoms with E-state index in [1.54, 1.807) is 0 Å². The zero-order valence-corrected chi connectivity index (χ0v) is 14.3. The van der Waals surface area contributed by atoms with Crippen LogP contribution in [0.1, 0.15) is 53.8 Å². The van der Waals surface area contributed by atoms with E-state index in [9.17, 15) is 9.90 Å². The number of rotatable bonds is 4. The van der Waals surface area contributed by atoms with Crippen LogP contribution in [0.3, 0.4) is 0 Å². The molecule has 1 N–H and O–H groups in total. The molecule has 0 saturated heterocycles. The number of nitrogens with zero attached hydrogens (tertiary/aromatic N) is 1. The van der Waals surface area contributed by atoms with Crippen LogP contribution in [0.2, 0.25) is 0 Å². The lowest BCUT2D eigenvalue weighted by atomic mass is 9.96. The van der Waals surface area contributed by atoms with Gasteiger partial charge in [-0.2, -0.15) is 0 Å². The van der Waals surface area contributed by atoms with Crippen molar-refractivity contribution in [3.63, 3.8) is 0 Å². The summed E-state index contributed by atoms with van der Waals surface area (Å²) in [5.74, 6) is -1.16. The molecule has 1 aliphatic heterocycles. The Morgan fingerprint density at radius 3 is 2.83 bits per heavy atom. The molecule has 1 aromatic heterocycles. The van der Waals surface area contributed by atoms with E-state index < -0.39 is 11.9 Å². The van der Waals surface area contributed by atoms with Crippen molar-refractivity contribution in [1.29, 1.82) is 0 Å². The summed E-state index contributed by atoms with van der Waals surface area (Å²) in [6.07, 6.45) is 2.51. The number of benzene rings is 1. The highest BCUT2D eigenvalue weighted by Crippen LogP contribution is 2.33. The van der Waals surface area contributed by atoms with E-state index in [0.717, 1.165) is 46.8 Å². The molecule has 3 nitrogen and oxygen atoms in total. The molecule has 3 rings (SSSR count). The van der Waals surface area contributed by atoms with E-state index in [0.29, 0.717) is 6.42 Å². The number of fused-ring (bicyclic) bond motifs is 1. The fourth-order valence-electron chi connectivity index (χ4n) is 3.57. The average molecular weight is 327 g/mol. The normalized spacial score (nSPS) is 16.9. The monoisotopic (exact) mass is 327 g/mol. The van der Waals surface area contributed by atoms with Crippen molar-refractivity contribution in [1.82, 2.24) is 4.57 Å². The van der Waals surface area contributed by atoms with Crippen molar-refractivity contribution in [2.45, 2.75) is 45.6 Å². The lowest BCUT2D eigenvalue weighted by Crippen LogP contribution is -2.24. The summed E-state index contributed by atoms with van der Waals surface area (Å²) in [5.41, 5.74) is 5.31. The molecule has 0 amide bonds. The second-order valence-electron chi connectivity index (χ2n) is 6.13. The lowest BCUT2D eigenvalue weighted by molar-refractivity contribution is -0.139. The van der Waals surface area contributed by atoms with Crippen LogP contribution < -0.4 is 0 Å². The Hall–Kier alpha value is -1.94. The molecule has 0 saturated carbocycles. The molecule has 1 atom stereocenters. The van der Waals surface area contributed by atoms with Crippen LogP contribution in [0.25, 0.3) is 0 Å². The van der Waals surface area contributed by atoms with Gasteiger partial charge in [0.2, 0.25) is 0 Å². The highest BCUT2D eigenvalue weighted by atomic mass is 32.1. The van der Waals surface area contributed by atoms with Crippen molar-refractivity contribution in [2.24, 2.45) is 0 Å². The summed E-state index contributed by atoms with van der Waals surface area (Å²) in [5, 5.41) is 9.48. The standard InChI is InChI=1S/C19H21NO2S/c1-3-13-7-4-5-8-14(13)18(23)17-12(2)11-16-15(19(21)22)9-6-10-20(16)17/h4-5,7-8,11,15H,3,6,9-10H2,1-2H3,(H,21,22). The Kier molecular flexibility index (Phi) is 4.35. The lowest BCUT2D eigenvalue weighted by Gasteiger charge is -2.24. The minimum Gasteiger partial charge on any atom is -0.481 e. The molecule has 0 radical (unpaired) electrons. The minimum absolute atomic E-state index is 0.416. The summed E-state index contributed by atoms with van der Waals surface area (Å²) < 4.78 is 2.13. The number of thiocarbonyl (C=S) groups is 1. The zero-order valence-electron chi connectivity index (χ0n) is 13.5. The number of aromatic nitrogens is 1. The molecule has 2 aromatic rings. The maximum atomic E-state index is 11.5. The van der Waals surface area contributed by atoms with Gasteiger partial charge in [0.1, 0.15) is 0 Å². The Morgan fingerprint density at radius 1 is 1.39 bits per heavy atom. The minimum atomic E-state index is -0.741. The highest BCUT2D eigenvalue weighted by molar-refractivity contribution is 7.81. The molecule has 0 aliphatic carbocycles. The molecule has 120 valence electrons. The first-order chi connectivity index (χ1) is 11.0. The fourth-order valence-corrected chi connectivity index (χ4v) is 4.04. The number of hydrogen-bond acceptors (Lipinski definition) is 2. The van der Waals surface area contributed by atoms with Gasteiger partial charge < -0.3 is 9.67 Å². The zero-order chi connectivity index (χ0) is 16.6. The van der Waals surface area contributed by atoms with Crippen molar-refractivity contribution < 1.29 is 9.90 Å². The smallest absolute Gasteiger partial charge is 0.312 e. The maximum Gasteiger partial charge on any atom is 0.312 e. The van der Waals surface area contributed by atoms with Crippen molar-refractivity contribution >= 4 is 23.1 Å². The summed E-state index contributed by atoms with van der Waals surface area (Å²) >= 11 is 5.80. The number of hydrogen-bond donors (Lipinski definition) is 1. The second-order valence-corrected chi connectivity index (χ2v) is 6.53. The highest BCUT2D eigenvalue weighted by Gasteiger charge is 2.30. The van der Waals surface area contributed by atoms with Gasteiger partial charge in [0.15, 0.2) is 0 Å². The van der Waals surface area contributed by atoms with Gasteiger partial charge in [0.05, 0.1) is 16.5 Å². The van der Waals surface area contributed by atoms with Crippen LogP contribution in [-0.2, 0) is 17.8 Å². The Morgan fingerprint density at radius 2 is 2.13 bits per heavy atom. The van der Waals surface area contributed by atoms with Crippen LogP contribution in [-0.4, -0.2) is 20.5 Å². The molecule has 0 spiro atoms. The quantitative estimate of drug-likeness (QED) is 0.679. The summed E-state index contributed by atoms with van der Waals surface area (Å²) in [7, 11) is 0. The van der Waals surface area contributed by atoms with E-state index in [1.165, 1.54) is 5.56 Å². The Labute approximate surface area is 142 Å². The van der Waals surface area contributed by atoms with Crippen molar-refractivity contribution in [3.8, 4) is 0 Å². The predicted octanol–water partition coefficient (Wildman–Crippen LogP) is 4.09. The van der Waals surface area contributed by atoms with Gasteiger partial charge in [-0.3, -0.25) is 4.79 Å². The van der Waals surface area contributed by atoms with Gasteiger partial charge in [0, 0.05) is 12.2 Å². The number of carbonyl (C=O) groups is 1. The van der Waals surface area contributed by atoms with Crippen LogP contribution in [0, 0.1) is 6.92 Å². The van der Waals surface area contributed by atoms with E-state index in [1.807, 2.05) is 25.1 Å². The Balaban J connectivity index is 2.11. The third-order valence-electron chi connectivity index (χ3n) is 4.71. The van der Waals surface area contributed by atoms with Gasteiger partial charge in [0.25, 0.3) is 0 Å². The third kappa shape index (κ3) is 2.72. The molecule has 0 bridgehead atoms. The number of carboxylic acids is 1. The molecule has 1 unspecified atom stereocenters. The molecule has 0 fully saturated rings. The van der Waals surface area contributed by atoms with Gasteiger partial charge >= 0.3 is 5.97 Å². The molecular formula is C19H21NO2S. The van der Waals surface area contributed by atoms with Gasteiger partial charge in [-0.15, -0.1) is 0 Å². The molecular weight excluding hydrogens is 306 g/mol. The van der Waals surface area contributed by atoms with E-state index in [-0.39, 0.29) is 0 Å². The number of aliphatic carboxylic acids is 1. The van der Waals surface area contributed by atoms with Crippen molar-refractivity contribution in [3.05, 3.63) is 58.4 Å². The maximum absolute atomic E-state index is 11.5. The first kappa shape index (κ1) is 15.9. The van der Waals surface area contributed by atoms with Gasteiger partial charge in [-0.25, -0.2) is 0 Å². The van der Waals surface area contributed by atoms with Crippen LogP contribution in [0.4, 0.5) is 0 Å². The number of carboxylic acid groups (broad SMARTS) is 1. The van der Waals surface area contributed by atoms with E-state index >= 15 is 0 Å². The molecule has 23 heavy (non-hydrogen) atoms. The molecule has 4 heteroatoms. The summed E-state index contributed by atoms with van der Waals surface area (Å²) in [6.45, 7) is 5.00. The van der Waals surface area contributed by atoms with Crippen LogP contribution >= 0.6 is 12.2 Å². The van der Waals surface area contributed by atoms with E-state index in [2.05, 4.69) is 23.6 Å². The van der Waals surface area contributed by atoms with Crippen LogP contribution in [0.5, 0.6) is 0 Å². The largest absolute Gasteiger partial charge is 0.481 e. The van der Waals surface area contributed by atoms with Crippen molar-refractivity contribution in [2.75, 3.05) is 0 Å². The average Bonchev–Trinajstić information content (AvgIpc) is 2.89. The topological polar surface area (TPSA) is 42.2 Å². The van der Waals surface area contributed by atoms with Gasteiger partial charge in [-0.05, 0) is 48.9 Å². The predicted molar refractivity (Wildman–Crippen MR) is 95.4 cm³/mol. The summed E-state index contributed by atoms with van der Waals surface area (Å²) in [6, 6.07) is 10.2. The first-order valence-corrected chi connectivity index (χ1v) is 8.50. The molecule has 2 heterocycles. The number of aryl methyl sites for hydroxylation is 2. The fraction of sp³-hybridized carbons (Fsp3) is 0.368. The van der Waals surface area contributed by atoms with Crippen LogP contribution in [0.15, 0.2) is 30.3 Å². The summed E-state index contributed by atoms with van der Waals surface area (Å²) in [4.78, 5) is 12.4. The SMILES string of the molecule is CCc1ccccc1C(=S)c1c(C)cc2n1CCCC2C(=O)O. The second kappa shape index (κ2) is 6.28. The molecule has 1 aliphatic rings. The van der Waals surface area contributed by atoms with Gasteiger partial charge in [-0.1, -0.05) is 43.4 Å². The first-order valence-electron chi connectivity index (χ1n) is 8.10.